The molecule has 33 heteroatoms. The number of nitrogens with one attached hydrogen (secondary N) is 5. The standard InChI is InChI=1S/C32H44F9N5O19/c33-30(34,35)27(59)42-4-3-10(48)24(58)44-8-5-9(45-29(61)32(39,40)41)23(65-26-20(56)19(55)17(53)11(62-26)6-43-28(60)31(36,37)38)21(57)22(8)64-25-18(54)15(16(52)12(7-47)63-25)46-13(49)1-2-14(50)51/h8-12,15-23,25-26,47-48,52-57H,1-7H2,(H,42,59)(H,43,60)(H,44,58)(H,45,61)(H,46,49)(H,50,51)/t8?,9?,10-,11?,12?,15?,16?,17?,18?,19?,20?,21?,22?,23?,25?,26?/m0/s1. The molecule has 374 valence electrons. The summed E-state index contributed by atoms with van der Waals surface area (Å²) < 4.78 is 139. The van der Waals surface area contributed by atoms with Crippen molar-refractivity contribution in [3.8, 4) is 0 Å². The fourth-order valence-corrected chi connectivity index (χ4v) is 6.57. The molecule has 0 spiro atoms. The average molecular weight is 974 g/mol. The van der Waals surface area contributed by atoms with E-state index in [1.807, 2.05) is 5.32 Å². The molecule has 2 aliphatic heterocycles. The lowest BCUT2D eigenvalue weighted by atomic mass is 9.82. The number of aliphatic carboxylic acids is 1. The van der Waals surface area contributed by atoms with Crippen molar-refractivity contribution in [2.45, 2.75) is 142 Å². The van der Waals surface area contributed by atoms with Gasteiger partial charge in [0, 0.05) is 19.5 Å². The van der Waals surface area contributed by atoms with Gasteiger partial charge in [-0.3, -0.25) is 28.8 Å². The number of halogens is 9. The number of alkyl halides is 9. The minimum Gasteiger partial charge on any atom is -0.481 e. The monoisotopic (exact) mass is 973 g/mol. The first-order valence-corrected chi connectivity index (χ1v) is 18.8. The normalized spacial score (nSPS) is 33.8. The fraction of sp³-hybridized carbons (Fsp3) is 0.812. The number of hydrogen-bond acceptors (Lipinski definition) is 18. The van der Waals surface area contributed by atoms with Gasteiger partial charge in [-0.1, -0.05) is 0 Å². The van der Waals surface area contributed by atoms with E-state index in [0.717, 1.165) is 0 Å². The van der Waals surface area contributed by atoms with Crippen molar-refractivity contribution in [2.75, 3.05) is 19.7 Å². The van der Waals surface area contributed by atoms with E-state index >= 15 is 0 Å². The molecule has 24 nitrogen and oxygen atoms in total. The molecule has 2 heterocycles. The first kappa shape index (κ1) is 55.0. The summed E-state index contributed by atoms with van der Waals surface area (Å²) in [4.78, 5) is 71.4. The molecule has 65 heavy (non-hydrogen) atoms. The molecule has 3 rings (SSSR count). The third kappa shape index (κ3) is 14.9. The molecule has 5 amide bonds. The minimum atomic E-state index is -5.74. The van der Waals surface area contributed by atoms with E-state index in [4.69, 9.17) is 24.1 Å². The lowest BCUT2D eigenvalue weighted by Crippen LogP contribution is -2.71. The zero-order valence-corrected chi connectivity index (χ0v) is 32.7. The van der Waals surface area contributed by atoms with Crippen LogP contribution in [0.1, 0.15) is 25.7 Å². The Balaban J connectivity index is 2.06. The molecular formula is C32H44F9N5O19. The lowest BCUT2D eigenvalue weighted by molar-refractivity contribution is -0.334. The molecule has 0 aromatic heterocycles. The average Bonchev–Trinajstić information content (AvgIpc) is 3.20. The number of aliphatic hydroxyl groups excluding tert-OH is 8. The van der Waals surface area contributed by atoms with E-state index in [2.05, 4.69) is 5.32 Å². The molecule has 1 aliphatic carbocycles. The Morgan fingerprint density at radius 2 is 1.12 bits per heavy atom. The summed E-state index contributed by atoms with van der Waals surface area (Å²) in [7, 11) is 0. The lowest BCUT2D eigenvalue weighted by Gasteiger charge is -2.50. The maximum absolute atomic E-state index is 13.6. The van der Waals surface area contributed by atoms with Crippen LogP contribution in [0.3, 0.4) is 0 Å². The summed E-state index contributed by atoms with van der Waals surface area (Å²) >= 11 is 0. The Labute approximate surface area is 357 Å². The van der Waals surface area contributed by atoms with Crippen molar-refractivity contribution in [1.82, 2.24) is 26.6 Å². The van der Waals surface area contributed by atoms with Crippen LogP contribution in [0, 0.1) is 0 Å². The number of carbonyl (C=O) groups excluding carboxylic acids is 5. The van der Waals surface area contributed by atoms with E-state index in [1.165, 1.54) is 16.0 Å². The molecule has 15 unspecified atom stereocenters. The molecule has 16 atom stereocenters. The molecule has 0 aromatic carbocycles. The van der Waals surface area contributed by atoms with Gasteiger partial charge in [0.1, 0.15) is 67.1 Å². The third-order valence-corrected chi connectivity index (χ3v) is 9.89. The Hall–Kier alpha value is -4.29. The van der Waals surface area contributed by atoms with Gasteiger partial charge in [0.25, 0.3) is 0 Å². The second-order valence-electron chi connectivity index (χ2n) is 14.6. The van der Waals surface area contributed by atoms with Gasteiger partial charge in [-0.25, -0.2) is 0 Å². The van der Waals surface area contributed by atoms with Crippen molar-refractivity contribution in [2.24, 2.45) is 0 Å². The highest BCUT2D eigenvalue weighted by molar-refractivity contribution is 5.83. The fourth-order valence-electron chi connectivity index (χ4n) is 6.57. The SMILES string of the molecule is O=C(O)CCC(=O)NC1C(O)C(CO)OC(OC2C(NC(=O)[C@@H](O)CCNC(=O)C(F)(F)F)CC(NC(=O)C(F)(F)F)C(OC3OC(CNC(=O)C(F)(F)F)C(O)C(O)C3O)C2O)C1O. The summed E-state index contributed by atoms with van der Waals surface area (Å²) in [6.07, 6.45) is -50.8. The second kappa shape index (κ2) is 22.5. The molecule has 0 aromatic rings. The zero-order chi connectivity index (χ0) is 49.5. The van der Waals surface area contributed by atoms with Gasteiger partial charge >= 0.3 is 42.2 Å². The number of carboxylic acid groups (broad SMARTS) is 1. The molecule has 14 N–H and O–H groups in total. The predicted molar refractivity (Wildman–Crippen MR) is 182 cm³/mol. The van der Waals surface area contributed by atoms with Crippen molar-refractivity contribution >= 4 is 35.5 Å². The number of aliphatic hydroxyl groups is 8. The van der Waals surface area contributed by atoms with Crippen molar-refractivity contribution in [3.05, 3.63) is 0 Å². The van der Waals surface area contributed by atoms with Crippen LogP contribution in [-0.2, 0) is 47.7 Å². The van der Waals surface area contributed by atoms with Gasteiger partial charge in [0.2, 0.25) is 11.8 Å². The Bertz CT molecular complexity index is 1680. The number of carbonyl (C=O) groups is 6. The molecule has 1 saturated carbocycles. The largest absolute Gasteiger partial charge is 0.481 e. The van der Waals surface area contributed by atoms with Crippen molar-refractivity contribution < 1.29 is 133 Å². The summed E-state index contributed by atoms with van der Waals surface area (Å²) in [5, 5.41) is 102. The van der Waals surface area contributed by atoms with Gasteiger partial charge in [0.15, 0.2) is 12.6 Å². The van der Waals surface area contributed by atoms with Crippen LogP contribution in [0.5, 0.6) is 0 Å². The van der Waals surface area contributed by atoms with Gasteiger partial charge in [-0.15, -0.1) is 0 Å². The minimum absolute atomic E-state index is 0.750. The van der Waals surface area contributed by atoms with E-state index in [-0.39, 0.29) is 0 Å². The highest BCUT2D eigenvalue weighted by Gasteiger charge is 2.55. The Morgan fingerprint density at radius 3 is 1.65 bits per heavy atom. The van der Waals surface area contributed by atoms with Gasteiger partial charge < -0.3 is 91.5 Å². The van der Waals surface area contributed by atoms with Gasteiger partial charge in [-0.2, -0.15) is 39.5 Å². The van der Waals surface area contributed by atoms with Crippen molar-refractivity contribution in [1.29, 1.82) is 0 Å². The topological polar surface area (TPSA) is 382 Å². The van der Waals surface area contributed by atoms with Crippen molar-refractivity contribution in [3.63, 3.8) is 0 Å². The van der Waals surface area contributed by atoms with Gasteiger partial charge in [-0.05, 0) is 12.8 Å². The summed E-state index contributed by atoms with van der Waals surface area (Å²) in [5.41, 5.74) is 0. The smallest absolute Gasteiger partial charge is 0.471 e. The number of rotatable bonds is 17. The molecule has 2 saturated heterocycles. The highest BCUT2D eigenvalue weighted by atomic mass is 19.4. The van der Waals surface area contributed by atoms with E-state index in [0.29, 0.717) is 0 Å². The van der Waals surface area contributed by atoms with Crippen LogP contribution < -0.4 is 26.6 Å². The number of carboxylic acids is 1. The molecule has 0 bridgehead atoms. The molecule has 3 fully saturated rings. The highest BCUT2D eigenvalue weighted by Crippen LogP contribution is 2.34. The van der Waals surface area contributed by atoms with Crippen LogP contribution in [0.4, 0.5) is 39.5 Å². The maximum Gasteiger partial charge on any atom is 0.471 e. The molecular weight excluding hydrogens is 929 g/mol. The molecule has 0 radical (unpaired) electrons. The van der Waals surface area contributed by atoms with Crippen LogP contribution >= 0.6 is 0 Å². The maximum atomic E-state index is 13.6. The zero-order valence-electron chi connectivity index (χ0n) is 32.7. The summed E-state index contributed by atoms with van der Waals surface area (Å²) in [5.74, 6) is -12.1. The van der Waals surface area contributed by atoms with Crippen LogP contribution in [0.15, 0.2) is 0 Å². The van der Waals surface area contributed by atoms with Gasteiger partial charge in [0.05, 0.1) is 31.2 Å². The van der Waals surface area contributed by atoms with E-state index < -0.39 is 197 Å². The first-order chi connectivity index (χ1) is 29.9. The second-order valence-corrected chi connectivity index (χ2v) is 14.6. The Morgan fingerprint density at radius 1 is 0.615 bits per heavy atom. The first-order valence-electron chi connectivity index (χ1n) is 18.8. The van der Waals surface area contributed by atoms with Crippen LogP contribution in [0.25, 0.3) is 0 Å². The summed E-state index contributed by atoms with van der Waals surface area (Å²) in [6.45, 7) is -3.47. The molecule has 3 aliphatic rings. The third-order valence-electron chi connectivity index (χ3n) is 9.89. The Kier molecular flexibility index (Phi) is 19.0. The number of ether oxygens (including phenoxy) is 4. The van der Waals surface area contributed by atoms with Crippen LogP contribution in [-0.4, -0.2) is 218 Å². The van der Waals surface area contributed by atoms with Crippen LogP contribution in [0.2, 0.25) is 0 Å². The summed E-state index contributed by atoms with van der Waals surface area (Å²) in [6, 6.07) is -6.35. The predicted octanol–water partition coefficient (Wildman–Crippen LogP) is -6.24. The number of hydrogen-bond donors (Lipinski definition) is 14. The van der Waals surface area contributed by atoms with E-state index in [9.17, 15) is 109 Å². The number of amides is 5. The van der Waals surface area contributed by atoms with E-state index in [1.54, 1.807) is 0 Å². The quantitative estimate of drug-likeness (QED) is 0.0603.